The van der Waals surface area contributed by atoms with Crippen LogP contribution in [0.2, 0.25) is 0 Å². The van der Waals surface area contributed by atoms with Gasteiger partial charge in [0.05, 0.1) is 24.5 Å². The Bertz CT molecular complexity index is 621. The molecular formula is C24H35NO4. The lowest BCUT2D eigenvalue weighted by molar-refractivity contribution is -0.152. The molecule has 0 saturated heterocycles. The minimum absolute atomic E-state index is 0.0465. The molecule has 0 aliphatic heterocycles. The normalized spacial score (nSPS) is 19.3. The molecule has 5 nitrogen and oxygen atoms in total. The van der Waals surface area contributed by atoms with Crippen LogP contribution in [0.5, 0.6) is 0 Å². The Balaban J connectivity index is 1.47. The molecule has 2 aliphatic carbocycles. The van der Waals surface area contributed by atoms with Crippen molar-refractivity contribution in [2.45, 2.75) is 76.7 Å². The monoisotopic (exact) mass is 401 g/mol. The minimum atomic E-state index is -0.0798. The predicted octanol–water partition coefficient (Wildman–Crippen LogP) is 5.10. The highest BCUT2D eigenvalue weighted by molar-refractivity contribution is 5.73. The zero-order valence-electron chi connectivity index (χ0n) is 17.4. The SMILES string of the molecule is O=C(OCCC(COC(=O)C1CCCCC1)Nc1ccccc1)C1CCCCC1. The molecule has 0 bridgehead atoms. The standard InChI is InChI=1S/C24H35NO4/c26-23(19-10-4-1-5-11-19)28-17-16-22(25-21-14-8-3-9-15-21)18-29-24(27)20-12-6-2-7-13-20/h3,8-9,14-15,19-20,22,25H,1-2,4-7,10-13,16-18H2. The molecule has 1 aromatic rings. The molecule has 1 aromatic carbocycles. The third-order valence-electron chi connectivity index (χ3n) is 6.16. The van der Waals surface area contributed by atoms with E-state index in [9.17, 15) is 9.59 Å². The Morgan fingerprint density at radius 2 is 1.38 bits per heavy atom. The predicted molar refractivity (Wildman–Crippen MR) is 114 cm³/mol. The van der Waals surface area contributed by atoms with Gasteiger partial charge in [-0.1, -0.05) is 56.7 Å². The summed E-state index contributed by atoms with van der Waals surface area (Å²) in [6.45, 7) is 0.645. The highest BCUT2D eigenvalue weighted by atomic mass is 16.5. The van der Waals surface area contributed by atoms with Gasteiger partial charge in [-0.25, -0.2) is 0 Å². The van der Waals surface area contributed by atoms with Crippen molar-refractivity contribution in [3.05, 3.63) is 30.3 Å². The van der Waals surface area contributed by atoms with Gasteiger partial charge in [-0.3, -0.25) is 9.59 Å². The molecule has 0 heterocycles. The van der Waals surface area contributed by atoms with Gasteiger partial charge in [0.1, 0.15) is 6.61 Å². The van der Waals surface area contributed by atoms with Crippen LogP contribution in [0.25, 0.3) is 0 Å². The smallest absolute Gasteiger partial charge is 0.309 e. The van der Waals surface area contributed by atoms with Gasteiger partial charge in [-0.2, -0.15) is 0 Å². The maximum Gasteiger partial charge on any atom is 0.309 e. The van der Waals surface area contributed by atoms with Gasteiger partial charge >= 0.3 is 11.9 Å². The van der Waals surface area contributed by atoms with Crippen LogP contribution in [0.1, 0.15) is 70.6 Å². The summed E-state index contributed by atoms with van der Waals surface area (Å²) in [6.07, 6.45) is 11.3. The van der Waals surface area contributed by atoms with Crippen molar-refractivity contribution in [1.29, 1.82) is 0 Å². The maximum atomic E-state index is 12.4. The molecule has 5 heteroatoms. The highest BCUT2D eigenvalue weighted by Gasteiger charge is 2.25. The molecule has 2 saturated carbocycles. The fourth-order valence-electron chi connectivity index (χ4n) is 4.36. The molecule has 2 fully saturated rings. The van der Waals surface area contributed by atoms with Crippen molar-refractivity contribution in [2.75, 3.05) is 18.5 Å². The Labute approximate surface area is 174 Å². The number of carbonyl (C=O) groups is 2. The van der Waals surface area contributed by atoms with Crippen molar-refractivity contribution in [1.82, 2.24) is 0 Å². The molecule has 29 heavy (non-hydrogen) atoms. The van der Waals surface area contributed by atoms with Gasteiger partial charge < -0.3 is 14.8 Å². The first-order valence-electron chi connectivity index (χ1n) is 11.4. The number of ether oxygens (including phenoxy) is 2. The van der Waals surface area contributed by atoms with Crippen molar-refractivity contribution < 1.29 is 19.1 Å². The lowest BCUT2D eigenvalue weighted by Crippen LogP contribution is -2.31. The Hall–Kier alpha value is -2.04. The van der Waals surface area contributed by atoms with E-state index >= 15 is 0 Å². The Morgan fingerprint density at radius 1 is 0.828 bits per heavy atom. The van der Waals surface area contributed by atoms with Gasteiger partial charge in [-0.05, 0) is 37.8 Å². The lowest BCUT2D eigenvalue weighted by atomic mass is 9.89. The first-order valence-corrected chi connectivity index (χ1v) is 11.4. The summed E-state index contributed by atoms with van der Waals surface area (Å²) in [6, 6.07) is 9.81. The molecule has 0 spiro atoms. The number of anilines is 1. The van der Waals surface area contributed by atoms with Gasteiger partial charge in [0.2, 0.25) is 0 Å². The number of hydrogen-bond donors (Lipinski definition) is 1. The molecule has 0 amide bonds. The minimum Gasteiger partial charge on any atom is -0.465 e. The average Bonchev–Trinajstić information content (AvgIpc) is 2.79. The van der Waals surface area contributed by atoms with E-state index in [0.29, 0.717) is 19.6 Å². The van der Waals surface area contributed by atoms with E-state index in [1.165, 1.54) is 12.8 Å². The van der Waals surface area contributed by atoms with Crippen LogP contribution < -0.4 is 5.32 Å². The zero-order valence-corrected chi connectivity index (χ0v) is 17.4. The summed E-state index contributed by atoms with van der Waals surface area (Å²) in [5.41, 5.74) is 0.977. The first-order chi connectivity index (χ1) is 14.2. The van der Waals surface area contributed by atoms with Crippen LogP contribution >= 0.6 is 0 Å². The van der Waals surface area contributed by atoms with E-state index in [4.69, 9.17) is 9.47 Å². The van der Waals surface area contributed by atoms with Crippen LogP contribution in [0.15, 0.2) is 30.3 Å². The topological polar surface area (TPSA) is 64.6 Å². The summed E-state index contributed by atoms with van der Waals surface area (Å²) in [5, 5.41) is 3.42. The summed E-state index contributed by atoms with van der Waals surface area (Å²) in [4.78, 5) is 24.7. The summed E-state index contributed by atoms with van der Waals surface area (Å²) in [7, 11) is 0. The number of rotatable bonds is 9. The van der Waals surface area contributed by atoms with E-state index in [0.717, 1.165) is 57.1 Å². The lowest BCUT2D eigenvalue weighted by Gasteiger charge is -2.24. The largest absolute Gasteiger partial charge is 0.465 e. The second kappa shape index (κ2) is 11.8. The second-order valence-electron chi connectivity index (χ2n) is 8.46. The van der Waals surface area contributed by atoms with Crippen molar-refractivity contribution in [2.24, 2.45) is 11.8 Å². The van der Waals surface area contributed by atoms with Crippen LogP contribution in [0.4, 0.5) is 5.69 Å². The Morgan fingerprint density at radius 3 is 1.97 bits per heavy atom. The Kier molecular flexibility index (Phi) is 8.84. The molecule has 160 valence electrons. The fraction of sp³-hybridized carbons (Fsp3) is 0.667. The third-order valence-corrected chi connectivity index (χ3v) is 6.16. The van der Waals surface area contributed by atoms with E-state index in [2.05, 4.69) is 5.32 Å². The van der Waals surface area contributed by atoms with Gasteiger partial charge in [0.25, 0.3) is 0 Å². The van der Waals surface area contributed by atoms with E-state index in [1.54, 1.807) is 0 Å². The first kappa shape index (κ1) is 21.7. The molecule has 0 aromatic heterocycles. The van der Waals surface area contributed by atoms with Crippen molar-refractivity contribution >= 4 is 17.6 Å². The summed E-state index contributed by atoms with van der Waals surface area (Å²) < 4.78 is 11.2. The molecule has 2 aliphatic rings. The number of para-hydroxylation sites is 1. The van der Waals surface area contributed by atoms with Gasteiger partial charge in [0, 0.05) is 12.1 Å². The third kappa shape index (κ3) is 7.37. The highest BCUT2D eigenvalue weighted by Crippen LogP contribution is 2.26. The summed E-state index contributed by atoms with van der Waals surface area (Å²) >= 11 is 0. The molecule has 0 radical (unpaired) electrons. The number of esters is 2. The fourth-order valence-corrected chi connectivity index (χ4v) is 4.36. The molecule has 1 unspecified atom stereocenters. The van der Waals surface area contributed by atoms with Crippen LogP contribution in [0, 0.1) is 11.8 Å². The molecule has 3 rings (SSSR count). The number of carbonyl (C=O) groups excluding carboxylic acids is 2. The maximum absolute atomic E-state index is 12.4. The van der Waals surface area contributed by atoms with Crippen LogP contribution in [-0.4, -0.2) is 31.2 Å². The molecular weight excluding hydrogens is 366 g/mol. The van der Waals surface area contributed by atoms with Gasteiger partial charge in [0.15, 0.2) is 0 Å². The van der Waals surface area contributed by atoms with E-state index < -0.39 is 0 Å². The second-order valence-corrected chi connectivity index (χ2v) is 8.46. The number of hydrogen-bond acceptors (Lipinski definition) is 5. The van der Waals surface area contributed by atoms with Crippen molar-refractivity contribution in [3.8, 4) is 0 Å². The number of nitrogens with one attached hydrogen (secondary N) is 1. The summed E-state index contributed by atoms with van der Waals surface area (Å²) in [5.74, 6) is -0.0372. The molecule has 1 N–H and O–H groups in total. The zero-order chi connectivity index (χ0) is 20.3. The van der Waals surface area contributed by atoms with Crippen LogP contribution in [-0.2, 0) is 19.1 Å². The van der Waals surface area contributed by atoms with E-state index in [1.807, 2.05) is 30.3 Å². The van der Waals surface area contributed by atoms with E-state index in [-0.39, 0.29) is 29.8 Å². The number of benzene rings is 1. The van der Waals surface area contributed by atoms with Gasteiger partial charge in [-0.15, -0.1) is 0 Å². The average molecular weight is 402 g/mol. The quantitative estimate of drug-likeness (QED) is 0.583. The van der Waals surface area contributed by atoms with Crippen LogP contribution in [0.3, 0.4) is 0 Å². The van der Waals surface area contributed by atoms with Crippen molar-refractivity contribution in [3.63, 3.8) is 0 Å². The molecule has 1 atom stereocenters.